The van der Waals surface area contributed by atoms with Gasteiger partial charge in [0.2, 0.25) is 0 Å². The molecule has 0 aromatic rings. The van der Waals surface area contributed by atoms with Gasteiger partial charge in [-0.2, -0.15) is 0 Å². The van der Waals surface area contributed by atoms with E-state index < -0.39 is 0 Å². The lowest BCUT2D eigenvalue weighted by atomic mass is 9.40. The van der Waals surface area contributed by atoms with Crippen LogP contribution in [0.5, 0.6) is 0 Å². The molecule has 8 unspecified atom stereocenters. The number of hydrogen-bond acceptors (Lipinski definition) is 2. The van der Waals surface area contributed by atoms with Crippen molar-refractivity contribution in [1.82, 2.24) is 4.90 Å². The van der Waals surface area contributed by atoms with Crippen LogP contribution in [0.1, 0.15) is 45.4 Å². The largest absolute Gasteiger partial charge is 0.388 e. The number of piperidine rings is 2. The Balaban J connectivity index is 1.53. The van der Waals surface area contributed by atoms with Gasteiger partial charge in [-0.25, -0.2) is 0 Å². The summed E-state index contributed by atoms with van der Waals surface area (Å²) in [4.78, 5) is 2.98. The first-order valence-corrected chi connectivity index (χ1v) is 9.66. The van der Waals surface area contributed by atoms with Crippen molar-refractivity contribution in [2.45, 2.75) is 63.6 Å². The third-order valence-corrected chi connectivity index (χ3v) is 10.3. The maximum Gasteiger partial charge on any atom is 0.0813 e. The first kappa shape index (κ1) is 12.1. The summed E-state index contributed by atoms with van der Waals surface area (Å²) in [6, 6.07) is 1.64. The Labute approximate surface area is 132 Å². The van der Waals surface area contributed by atoms with Crippen LogP contribution in [0.3, 0.4) is 0 Å². The maximum absolute atomic E-state index is 11.2. The van der Waals surface area contributed by atoms with E-state index in [9.17, 15) is 5.11 Å². The van der Waals surface area contributed by atoms with E-state index >= 15 is 0 Å². The highest BCUT2D eigenvalue weighted by Gasteiger charge is 2.87. The van der Waals surface area contributed by atoms with Gasteiger partial charge in [0.15, 0.2) is 0 Å². The van der Waals surface area contributed by atoms with E-state index in [0.29, 0.717) is 16.7 Å². The summed E-state index contributed by atoms with van der Waals surface area (Å²) in [5, 5.41) is 11.2. The zero-order valence-corrected chi connectivity index (χ0v) is 13.6. The van der Waals surface area contributed by atoms with E-state index in [-0.39, 0.29) is 11.5 Å². The Morgan fingerprint density at radius 3 is 2.95 bits per heavy atom. The van der Waals surface area contributed by atoms with Crippen molar-refractivity contribution in [2.24, 2.45) is 39.9 Å². The van der Waals surface area contributed by atoms with Gasteiger partial charge in [-0.3, -0.25) is 4.90 Å². The van der Waals surface area contributed by atoms with Gasteiger partial charge in [0.1, 0.15) is 0 Å². The molecule has 11 atom stereocenters. The van der Waals surface area contributed by atoms with Gasteiger partial charge in [-0.1, -0.05) is 19.9 Å². The molecule has 118 valence electrons. The quantitative estimate of drug-likeness (QED) is 0.695. The molecule has 6 aliphatic carbocycles. The monoisotopic (exact) mass is 297 g/mol. The van der Waals surface area contributed by atoms with Crippen molar-refractivity contribution in [3.63, 3.8) is 0 Å². The molecule has 1 N–H and O–H groups in total. The SMILES string of the molecule is C=C1C2CC3C4N5CC6(C)CCCC47C(C2)[C@]3(C[C@@H]5[C@H]67)C1O. The summed E-state index contributed by atoms with van der Waals surface area (Å²) in [6.07, 6.45) is 8.23. The molecule has 0 amide bonds. The number of aliphatic hydroxyl groups is 1. The van der Waals surface area contributed by atoms with E-state index in [1.54, 1.807) is 0 Å². The van der Waals surface area contributed by atoms with E-state index in [1.165, 1.54) is 50.6 Å². The zero-order valence-electron chi connectivity index (χ0n) is 13.6. The molecule has 2 nitrogen and oxygen atoms in total. The van der Waals surface area contributed by atoms with Crippen LogP contribution in [0.2, 0.25) is 0 Å². The lowest BCUT2D eigenvalue weighted by Gasteiger charge is -2.64. The van der Waals surface area contributed by atoms with E-state index in [1.807, 2.05) is 0 Å². The van der Waals surface area contributed by atoms with Crippen LogP contribution in [-0.2, 0) is 0 Å². The number of rotatable bonds is 0. The summed E-state index contributed by atoms with van der Waals surface area (Å²) in [5.74, 6) is 3.21. The highest BCUT2D eigenvalue weighted by molar-refractivity contribution is 5.42. The molecule has 3 aliphatic heterocycles. The Bertz CT molecular complexity index is 644. The molecule has 9 rings (SSSR count). The third-order valence-electron chi connectivity index (χ3n) is 10.3. The molecular formula is C20H27NO. The molecule has 3 saturated heterocycles. The van der Waals surface area contributed by atoms with Crippen molar-refractivity contribution in [3.8, 4) is 0 Å². The molecule has 6 saturated carbocycles. The second kappa shape index (κ2) is 2.99. The molecule has 0 radical (unpaired) electrons. The molecule has 9 fully saturated rings. The van der Waals surface area contributed by atoms with Gasteiger partial charge in [-0.05, 0) is 72.2 Å². The predicted octanol–water partition coefficient (Wildman–Crippen LogP) is 2.82. The van der Waals surface area contributed by atoms with Crippen LogP contribution in [0.25, 0.3) is 0 Å². The highest BCUT2D eigenvalue weighted by atomic mass is 16.3. The molecule has 22 heavy (non-hydrogen) atoms. The van der Waals surface area contributed by atoms with Gasteiger partial charge in [0.05, 0.1) is 6.10 Å². The van der Waals surface area contributed by atoms with E-state index in [0.717, 1.165) is 29.8 Å². The summed E-state index contributed by atoms with van der Waals surface area (Å²) < 4.78 is 0. The third kappa shape index (κ3) is 0.815. The fourth-order valence-electron chi connectivity index (χ4n) is 10.4. The standard InChI is InChI=1S/C20H27NO/c1-10-11-6-12-16-19-5-3-4-18(2)9-21(16)13(15(18)19)8-20(12,17(10)22)14(19)7-11/h11-17,22H,1,3-9H2,2H3/t11?,12?,13-,14?,15-,16?,17?,18?,19?,20-/m1/s1. The number of aliphatic hydroxyl groups excluding tert-OH is 1. The molecule has 3 heterocycles. The molecule has 2 heteroatoms. The highest BCUT2D eigenvalue weighted by Crippen LogP contribution is 2.86. The van der Waals surface area contributed by atoms with Crippen LogP contribution >= 0.6 is 0 Å². The Morgan fingerprint density at radius 1 is 1.23 bits per heavy atom. The topological polar surface area (TPSA) is 23.5 Å². The zero-order chi connectivity index (χ0) is 14.6. The first-order valence-electron chi connectivity index (χ1n) is 9.66. The maximum atomic E-state index is 11.2. The van der Waals surface area contributed by atoms with Gasteiger partial charge in [0.25, 0.3) is 0 Å². The minimum absolute atomic E-state index is 0.172. The van der Waals surface area contributed by atoms with Crippen molar-refractivity contribution in [1.29, 1.82) is 0 Å². The average Bonchev–Trinajstić information content (AvgIpc) is 2.90. The van der Waals surface area contributed by atoms with E-state index in [4.69, 9.17) is 0 Å². The minimum atomic E-state index is -0.172. The second-order valence-electron chi connectivity index (χ2n) is 10.4. The summed E-state index contributed by atoms with van der Waals surface area (Å²) in [7, 11) is 0. The van der Waals surface area contributed by atoms with Crippen molar-refractivity contribution in [2.75, 3.05) is 6.54 Å². The Kier molecular flexibility index (Phi) is 1.64. The van der Waals surface area contributed by atoms with Gasteiger partial charge in [0, 0.05) is 24.0 Å². The van der Waals surface area contributed by atoms with Crippen molar-refractivity contribution in [3.05, 3.63) is 12.2 Å². The molecule has 9 bridgehead atoms. The number of hydrogen-bond donors (Lipinski definition) is 1. The fourth-order valence-corrected chi connectivity index (χ4v) is 10.4. The molecule has 0 aromatic carbocycles. The van der Waals surface area contributed by atoms with Gasteiger partial charge < -0.3 is 5.11 Å². The van der Waals surface area contributed by atoms with Crippen LogP contribution < -0.4 is 0 Å². The van der Waals surface area contributed by atoms with Crippen LogP contribution in [-0.4, -0.2) is 34.7 Å². The first-order chi connectivity index (χ1) is 10.5. The van der Waals surface area contributed by atoms with Crippen molar-refractivity contribution < 1.29 is 5.11 Å². The van der Waals surface area contributed by atoms with Crippen LogP contribution in [0.4, 0.5) is 0 Å². The van der Waals surface area contributed by atoms with Crippen LogP contribution in [0.15, 0.2) is 12.2 Å². The van der Waals surface area contributed by atoms with Crippen LogP contribution in [0, 0.1) is 39.9 Å². The van der Waals surface area contributed by atoms with Crippen molar-refractivity contribution >= 4 is 0 Å². The predicted molar refractivity (Wildman–Crippen MR) is 84.1 cm³/mol. The molecule has 9 aliphatic rings. The number of nitrogens with zero attached hydrogens (tertiary/aromatic N) is 1. The Hall–Kier alpha value is -0.340. The summed E-state index contributed by atoms with van der Waals surface area (Å²) in [6.45, 7) is 8.32. The van der Waals surface area contributed by atoms with E-state index in [2.05, 4.69) is 18.4 Å². The van der Waals surface area contributed by atoms with Gasteiger partial charge in [-0.15, -0.1) is 0 Å². The molecular weight excluding hydrogens is 270 g/mol. The Morgan fingerprint density at radius 2 is 2.09 bits per heavy atom. The molecule has 2 spiro atoms. The number of fused-ring (bicyclic) bond motifs is 1. The lowest BCUT2D eigenvalue weighted by Crippen LogP contribution is -2.63. The fraction of sp³-hybridized carbons (Fsp3) is 0.900. The normalized spacial score (nSPS) is 75.1. The lowest BCUT2D eigenvalue weighted by molar-refractivity contribution is -0.166. The second-order valence-corrected chi connectivity index (χ2v) is 10.4. The average molecular weight is 297 g/mol. The summed E-state index contributed by atoms with van der Waals surface area (Å²) >= 11 is 0. The van der Waals surface area contributed by atoms with Gasteiger partial charge >= 0.3 is 0 Å². The molecule has 0 aromatic heterocycles. The summed E-state index contributed by atoms with van der Waals surface area (Å²) in [5.41, 5.74) is 2.65. The minimum Gasteiger partial charge on any atom is -0.388 e. The smallest absolute Gasteiger partial charge is 0.0813 e.